The Bertz CT molecular complexity index is 512. The van der Waals surface area contributed by atoms with Gasteiger partial charge in [-0.05, 0) is 25.0 Å². The minimum Gasteiger partial charge on any atom is -0.398 e. The minimum atomic E-state index is 0.557. The summed E-state index contributed by atoms with van der Waals surface area (Å²) in [5.41, 5.74) is 7.56. The van der Waals surface area contributed by atoms with E-state index in [1.54, 1.807) is 0 Å². The number of nitrogen functional groups attached to an aromatic ring is 1. The van der Waals surface area contributed by atoms with Crippen LogP contribution in [0.3, 0.4) is 0 Å². The highest BCUT2D eigenvalue weighted by atomic mass is 15.2. The number of aromatic nitrogens is 3. The van der Waals surface area contributed by atoms with Crippen LogP contribution in [0.4, 0.5) is 5.69 Å². The molecule has 0 atom stereocenters. The topological polar surface area (TPSA) is 67.6 Å². The van der Waals surface area contributed by atoms with Crippen LogP contribution in [0.15, 0.2) is 24.3 Å². The number of aromatic amines is 1. The van der Waals surface area contributed by atoms with Crippen molar-refractivity contribution in [3.8, 4) is 11.4 Å². The quantitative estimate of drug-likeness (QED) is 0.776. The molecule has 88 valence electrons. The Hall–Kier alpha value is -1.84. The van der Waals surface area contributed by atoms with Gasteiger partial charge in [-0.15, -0.1) is 0 Å². The fourth-order valence-corrected chi connectivity index (χ4v) is 2.48. The molecule has 0 radical (unpaired) electrons. The first-order valence-corrected chi connectivity index (χ1v) is 6.12. The van der Waals surface area contributed by atoms with Gasteiger partial charge < -0.3 is 5.73 Å². The van der Waals surface area contributed by atoms with E-state index in [1.165, 1.54) is 25.7 Å². The van der Waals surface area contributed by atoms with Crippen molar-refractivity contribution in [2.45, 2.75) is 31.6 Å². The van der Waals surface area contributed by atoms with Gasteiger partial charge in [0.1, 0.15) is 5.82 Å². The van der Waals surface area contributed by atoms with Gasteiger partial charge in [0, 0.05) is 17.2 Å². The molecule has 1 fully saturated rings. The van der Waals surface area contributed by atoms with Gasteiger partial charge in [0.2, 0.25) is 0 Å². The van der Waals surface area contributed by atoms with E-state index in [2.05, 4.69) is 15.2 Å². The monoisotopic (exact) mass is 228 g/mol. The van der Waals surface area contributed by atoms with Crippen LogP contribution in [-0.4, -0.2) is 15.2 Å². The third-order valence-corrected chi connectivity index (χ3v) is 3.45. The summed E-state index contributed by atoms with van der Waals surface area (Å²) in [4.78, 5) is 4.58. The van der Waals surface area contributed by atoms with E-state index in [1.807, 2.05) is 24.3 Å². The molecule has 2 aromatic rings. The number of hydrogen-bond donors (Lipinski definition) is 2. The zero-order valence-corrected chi connectivity index (χ0v) is 9.69. The van der Waals surface area contributed by atoms with Gasteiger partial charge in [0.25, 0.3) is 0 Å². The van der Waals surface area contributed by atoms with Crippen molar-refractivity contribution in [2.24, 2.45) is 0 Å². The Kier molecular flexibility index (Phi) is 2.55. The van der Waals surface area contributed by atoms with Crippen LogP contribution in [0, 0.1) is 0 Å². The summed E-state index contributed by atoms with van der Waals surface area (Å²) in [6.45, 7) is 0. The average molecular weight is 228 g/mol. The smallest absolute Gasteiger partial charge is 0.183 e. The number of para-hydroxylation sites is 1. The molecule has 4 nitrogen and oxygen atoms in total. The van der Waals surface area contributed by atoms with Gasteiger partial charge in [-0.2, -0.15) is 5.10 Å². The third kappa shape index (κ3) is 1.90. The van der Waals surface area contributed by atoms with E-state index < -0.39 is 0 Å². The molecule has 0 saturated heterocycles. The van der Waals surface area contributed by atoms with Crippen LogP contribution in [0.5, 0.6) is 0 Å². The predicted molar refractivity (Wildman–Crippen MR) is 67.4 cm³/mol. The average Bonchev–Trinajstić information content (AvgIpc) is 3.00. The molecule has 1 aliphatic rings. The number of nitrogens with two attached hydrogens (primary N) is 1. The maximum atomic E-state index is 5.92. The largest absolute Gasteiger partial charge is 0.398 e. The summed E-state index contributed by atoms with van der Waals surface area (Å²) in [5.74, 6) is 2.28. The molecule has 1 heterocycles. The van der Waals surface area contributed by atoms with Crippen LogP contribution in [0.2, 0.25) is 0 Å². The molecule has 3 N–H and O–H groups in total. The van der Waals surface area contributed by atoms with Crippen LogP contribution in [-0.2, 0) is 0 Å². The summed E-state index contributed by atoms with van der Waals surface area (Å²) in [7, 11) is 0. The van der Waals surface area contributed by atoms with E-state index in [0.717, 1.165) is 17.1 Å². The molecule has 1 aromatic carbocycles. The molecular formula is C13H16N4. The lowest BCUT2D eigenvalue weighted by molar-refractivity contribution is 0.672. The molecule has 0 spiro atoms. The lowest BCUT2D eigenvalue weighted by Crippen LogP contribution is -1.95. The van der Waals surface area contributed by atoms with Crippen LogP contribution in [0.1, 0.15) is 37.4 Å². The third-order valence-electron chi connectivity index (χ3n) is 3.45. The zero-order chi connectivity index (χ0) is 11.7. The Morgan fingerprint density at radius 3 is 2.71 bits per heavy atom. The summed E-state index contributed by atoms with van der Waals surface area (Å²) in [6, 6.07) is 7.71. The second kappa shape index (κ2) is 4.20. The number of nitrogens with one attached hydrogen (secondary N) is 1. The number of hydrogen-bond acceptors (Lipinski definition) is 3. The second-order valence-corrected chi connectivity index (χ2v) is 4.61. The molecule has 1 saturated carbocycles. The maximum Gasteiger partial charge on any atom is 0.183 e. The second-order valence-electron chi connectivity index (χ2n) is 4.61. The molecule has 0 unspecified atom stereocenters. The van der Waals surface area contributed by atoms with Gasteiger partial charge in [0.15, 0.2) is 5.82 Å². The van der Waals surface area contributed by atoms with E-state index in [4.69, 9.17) is 5.73 Å². The highest BCUT2D eigenvalue weighted by Crippen LogP contribution is 2.33. The molecular weight excluding hydrogens is 212 g/mol. The highest BCUT2D eigenvalue weighted by Gasteiger charge is 2.21. The normalized spacial score (nSPS) is 16.5. The molecule has 0 bridgehead atoms. The molecule has 1 aromatic heterocycles. The lowest BCUT2D eigenvalue weighted by atomic mass is 10.1. The standard InChI is InChI=1S/C13H16N4/c14-11-8-4-3-7-10(11)13-15-12(16-17-13)9-5-1-2-6-9/h3-4,7-9H,1-2,5-6,14H2,(H,15,16,17). The van der Waals surface area contributed by atoms with Gasteiger partial charge in [-0.1, -0.05) is 25.0 Å². The van der Waals surface area contributed by atoms with Crippen molar-refractivity contribution in [1.82, 2.24) is 15.2 Å². The van der Waals surface area contributed by atoms with Crippen molar-refractivity contribution in [2.75, 3.05) is 5.73 Å². The number of anilines is 1. The van der Waals surface area contributed by atoms with Gasteiger partial charge in [-0.3, -0.25) is 5.10 Å². The summed E-state index contributed by atoms with van der Waals surface area (Å²) in [6.07, 6.45) is 5.04. The van der Waals surface area contributed by atoms with Gasteiger partial charge >= 0.3 is 0 Å². The van der Waals surface area contributed by atoms with Crippen molar-refractivity contribution in [1.29, 1.82) is 0 Å². The zero-order valence-electron chi connectivity index (χ0n) is 9.69. The molecule has 0 aliphatic heterocycles. The Morgan fingerprint density at radius 2 is 1.94 bits per heavy atom. The lowest BCUT2D eigenvalue weighted by Gasteiger charge is -2.02. The Balaban J connectivity index is 1.92. The first-order valence-electron chi connectivity index (χ1n) is 6.12. The number of benzene rings is 1. The van der Waals surface area contributed by atoms with E-state index in [9.17, 15) is 0 Å². The Labute approximate surface area is 100 Å². The van der Waals surface area contributed by atoms with Crippen molar-refractivity contribution < 1.29 is 0 Å². The van der Waals surface area contributed by atoms with Crippen LogP contribution < -0.4 is 5.73 Å². The molecule has 4 heteroatoms. The molecule has 17 heavy (non-hydrogen) atoms. The summed E-state index contributed by atoms with van der Waals surface area (Å²) >= 11 is 0. The first kappa shape index (κ1) is 10.3. The fourth-order valence-electron chi connectivity index (χ4n) is 2.48. The van der Waals surface area contributed by atoms with E-state index in [-0.39, 0.29) is 0 Å². The SMILES string of the molecule is Nc1ccccc1-c1n[nH]c(C2CCCC2)n1. The highest BCUT2D eigenvalue weighted by molar-refractivity contribution is 5.70. The summed E-state index contributed by atoms with van der Waals surface area (Å²) < 4.78 is 0. The number of H-pyrrole nitrogens is 1. The van der Waals surface area contributed by atoms with Crippen LogP contribution >= 0.6 is 0 Å². The van der Waals surface area contributed by atoms with E-state index >= 15 is 0 Å². The van der Waals surface area contributed by atoms with Gasteiger partial charge in [0.05, 0.1) is 0 Å². The van der Waals surface area contributed by atoms with Crippen LogP contribution in [0.25, 0.3) is 11.4 Å². The maximum absolute atomic E-state index is 5.92. The molecule has 3 rings (SSSR count). The van der Waals surface area contributed by atoms with Crippen molar-refractivity contribution in [3.05, 3.63) is 30.1 Å². The number of nitrogens with zero attached hydrogens (tertiary/aromatic N) is 2. The van der Waals surface area contributed by atoms with E-state index in [0.29, 0.717) is 11.7 Å². The minimum absolute atomic E-state index is 0.557. The molecule has 1 aliphatic carbocycles. The summed E-state index contributed by atoms with van der Waals surface area (Å²) in [5, 5.41) is 7.33. The molecule has 0 amide bonds. The predicted octanol–water partition coefficient (Wildman–Crippen LogP) is 2.71. The Morgan fingerprint density at radius 1 is 1.18 bits per heavy atom. The number of rotatable bonds is 2. The van der Waals surface area contributed by atoms with Gasteiger partial charge in [-0.25, -0.2) is 4.98 Å². The fraction of sp³-hybridized carbons (Fsp3) is 0.385. The first-order chi connectivity index (χ1) is 8.34. The van der Waals surface area contributed by atoms with Crippen molar-refractivity contribution in [3.63, 3.8) is 0 Å². The van der Waals surface area contributed by atoms with Crippen molar-refractivity contribution >= 4 is 5.69 Å².